The number of rotatable bonds is 6. The van der Waals surface area contributed by atoms with Crippen LogP contribution in [0.15, 0.2) is 42.5 Å². The molecule has 2 aromatic carbocycles. The molecule has 132 valence electrons. The molecule has 0 saturated heterocycles. The average molecular weight is 379 g/mol. The van der Waals surface area contributed by atoms with Gasteiger partial charge in [0.1, 0.15) is 0 Å². The largest absolute Gasteiger partial charge is 0.343 e. The average Bonchev–Trinajstić information content (AvgIpc) is 2.56. The summed E-state index contributed by atoms with van der Waals surface area (Å²) >= 11 is 11.9. The lowest BCUT2D eigenvalue weighted by Crippen LogP contribution is -2.32. The Balaban J connectivity index is 1.88. The maximum absolute atomic E-state index is 12.1. The van der Waals surface area contributed by atoms with Crippen molar-refractivity contribution in [2.24, 2.45) is 5.92 Å². The van der Waals surface area contributed by atoms with Gasteiger partial charge in [0.2, 0.25) is 5.91 Å². The van der Waals surface area contributed by atoms with Crippen LogP contribution in [0.1, 0.15) is 29.8 Å². The number of benzene rings is 2. The normalized spacial score (nSPS) is 10.6. The molecule has 0 aliphatic carbocycles. The number of hydrogen-bond donors (Lipinski definition) is 2. The molecule has 0 bridgehead atoms. The summed E-state index contributed by atoms with van der Waals surface area (Å²) in [7, 11) is 0. The number of amides is 2. The fourth-order valence-electron chi connectivity index (χ4n) is 2.31. The van der Waals surface area contributed by atoms with Crippen LogP contribution in [0.25, 0.3) is 0 Å². The van der Waals surface area contributed by atoms with Gasteiger partial charge in [0.25, 0.3) is 5.91 Å². The van der Waals surface area contributed by atoms with Crippen LogP contribution in [0.2, 0.25) is 10.0 Å². The van der Waals surface area contributed by atoms with E-state index in [-0.39, 0.29) is 18.4 Å². The summed E-state index contributed by atoms with van der Waals surface area (Å²) in [4.78, 5) is 24.1. The van der Waals surface area contributed by atoms with E-state index in [9.17, 15) is 9.59 Å². The van der Waals surface area contributed by atoms with E-state index in [1.807, 2.05) is 12.1 Å². The number of carbonyl (C=O) groups excluding carboxylic acids is 2. The summed E-state index contributed by atoms with van der Waals surface area (Å²) in [5, 5.41) is 6.05. The zero-order valence-electron chi connectivity index (χ0n) is 14.1. The van der Waals surface area contributed by atoms with Crippen molar-refractivity contribution in [2.75, 3.05) is 11.9 Å². The highest BCUT2D eigenvalue weighted by Crippen LogP contribution is 2.25. The molecule has 0 aromatic heterocycles. The second kappa shape index (κ2) is 8.88. The zero-order chi connectivity index (χ0) is 18.4. The van der Waals surface area contributed by atoms with Crippen molar-refractivity contribution >= 4 is 40.7 Å². The number of halogens is 2. The first-order valence-electron chi connectivity index (χ1n) is 7.97. The molecule has 4 nitrogen and oxygen atoms in total. The molecule has 2 amide bonds. The molecule has 6 heteroatoms. The highest BCUT2D eigenvalue weighted by molar-refractivity contribution is 6.35. The summed E-state index contributed by atoms with van der Waals surface area (Å²) in [6, 6.07) is 12.2. The lowest BCUT2D eigenvalue weighted by molar-refractivity contribution is -0.115. The predicted octanol–water partition coefficient (Wildman–Crippen LogP) is 4.56. The summed E-state index contributed by atoms with van der Waals surface area (Å²) in [5.41, 5.74) is 2.10. The minimum absolute atomic E-state index is 0.157. The smallest absolute Gasteiger partial charge is 0.251 e. The Morgan fingerprint density at radius 2 is 1.72 bits per heavy atom. The predicted molar refractivity (Wildman–Crippen MR) is 102 cm³/mol. The van der Waals surface area contributed by atoms with Crippen molar-refractivity contribution in [1.82, 2.24) is 5.32 Å². The van der Waals surface area contributed by atoms with E-state index in [1.54, 1.807) is 30.3 Å². The Hall–Kier alpha value is -2.04. The number of carbonyl (C=O) groups is 2. The van der Waals surface area contributed by atoms with Gasteiger partial charge < -0.3 is 10.6 Å². The van der Waals surface area contributed by atoms with Crippen LogP contribution in [0, 0.1) is 5.92 Å². The molecule has 0 spiro atoms. The first-order valence-corrected chi connectivity index (χ1v) is 8.73. The van der Waals surface area contributed by atoms with E-state index in [1.165, 1.54) is 5.56 Å². The van der Waals surface area contributed by atoms with Crippen molar-refractivity contribution < 1.29 is 9.59 Å². The molecule has 0 heterocycles. The summed E-state index contributed by atoms with van der Waals surface area (Å²) in [6.07, 6.45) is 0.963. The third kappa shape index (κ3) is 6.07. The fraction of sp³-hybridized carbons (Fsp3) is 0.263. The first-order chi connectivity index (χ1) is 11.8. The van der Waals surface area contributed by atoms with Crippen molar-refractivity contribution in [3.63, 3.8) is 0 Å². The van der Waals surface area contributed by atoms with Crippen LogP contribution in [-0.2, 0) is 11.2 Å². The van der Waals surface area contributed by atoms with Gasteiger partial charge in [-0.25, -0.2) is 0 Å². The summed E-state index contributed by atoms with van der Waals surface area (Å²) < 4.78 is 0. The van der Waals surface area contributed by atoms with E-state index >= 15 is 0 Å². The van der Waals surface area contributed by atoms with E-state index in [2.05, 4.69) is 24.5 Å². The van der Waals surface area contributed by atoms with Gasteiger partial charge in [0, 0.05) is 10.6 Å². The topological polar surface area (TPSA) is 58.2 Å². The summed E-state index contributed by atoms with van der Waals surface area (Å²) in [5.74, 6) is -0.126. The monoisotopic (exact) mass is 378 g/mol. The SMILES string of the molecule is CC(C)Cc1ccc(C(=O)NCC(=O)Nc2cc(Cl)ccc2Cl)cc1. The zero-order valence-corrected chi connectivity index (χ0v) is 15.6. The molecule has 0 aliphatic heterocycles. The molecule has 2 aromatic rings. The maximum atomic E-state index is 12.1. The molecule has 25 heavy (non-hydrogen) atoms. The second-order valence-corrected chi connectivity index (χ2v) is 6.99. The highest BCUT2D eigenvalue weighted by atomic mass is 35.5. The minimum Gasteiger partial charge on any atom is -0.343 e. The molecule has 0 aliphatic rings. The van der Waals surface area contributed by atoms with Crippen LogP contribution >= 0.6 is 23.2 Å². The molecule has 0 atom stereocenters. The standard InChI is InChI=1S/C19H20Cl2N2O2/c1-12(2)9-13-3-5-14(6-4-13)19(25)22-11-18(24)23-17-10-15(20)7-8-16(17)21/h3-8,10,12H,9,11H2,1-2H3,(H,22,25)(H,23,24). The Morgan fingerprint density at radius 1 is 1.04 bits per heavy atom. The van der Waals surface area contributed by atoms with Gasteiger partial charge in [0.05, 0.1) is 17.3 Å². The minimum atomic E-state index is -0.381. The molecule has 0 radical (unpaired) electrons. The van der Waals surface area contributed by atoms with Crippen LogP contribution in [0.4, 0.5) is 5.69 Å². The van der Waals surface area contributed by atoms with Crippen LogP contribution in [-0.4, -0.2) is 18.4 Å². The van der Waals surface area contributed by atoms with Crippen LogP contribution in [0.5, 0.6) is 0 Å². The fourth-order valence-corrected chi connectivity index (χ4v) is 2.65. The van der Waals surface area contributed by atoms with Gasteiger partial charge in [-0.15, -0.1) is 0 Å². The summed E-state index contributed by atoms with van der Waals surface area (Å²) in [6.45, 7) is 4.13. The molecule has 2 N–H and O–H groups in total. The Morgan fingerprint density at radius 3 is 2.36 bits per heavy atom. The van der Waals surface area contributed by atoms with Crippen molar-refractivity contribution in [1.29, 1.82) is 0 Å². The molecule has 0 fully saturated rings. The van der Waals surface area contributed by atoms with E-state index in [4.69, 9.17) is 23.2 Å². The number of hydrogen-bond acceptors (Lipinski definition) is 2. The molecular weight excluding hydrogens is 359 g/mol. The number of anilines is 1. The van der Waals surface area contributed by atoms with Gasteiger partial charge in [-0.3, -0.25) is 9.59 Å². The Kier molecular flexibility index (Phi) is 6.85. The maximum Gasteiger partial charge on any atom is 0.251 e. The first kappa shape index (κ1) is 19.3. The van der Waals surface area contributed by atoms with Gasteiger partial charge in [-0.2, -0.15) is 0 Å². The molecule has 2 rings (SSSR count). The lowest BCUT2D eigenvalue weighted by Gasteiger charge is -2.09. The van der Waals surface area contributed by atoms with E-state index < -0.39 is 0 Å². The van der Waals surface area contributed by atoms with Gasteiger partial charge in [-0.1, -0.05) is 49.2 Å². The van der Waals surface area contributed by atoms with Gasteiger partial charge >= 0.3 is 0 Å². The van der Waals surface area contributed by atoms with Gasteiger partial charge in [0.15, 0.2) is 0 Å². The molecule has 0 unspecified atom stereocenters. The molecular formula is C19H20Cl2N2O2. The third-order valence-electron chi connectivity index (χ3n) is 3.47. The van der Waals surface area contributed by atoms with Crippen LogP contribution < -0.4 is 10.6 Å². The van der Waals surface area contributed by atoms with Crippen molar-refractivity contribution in [3.8, 4) is 0 Å². The Bertz CT molecular complexity index is 759. The second-order valence-electron chi connectivity index (χ2n) is 6.15. The van der Waals surface area contributed by atoms with Crippen molar-refractivity contribution in [2.45, 2.75) is 20.3 Å². The van der Waals surface area contributed by atoms with Gasteiger partial charge in [-0.05, 0) is 48.2 Å². The van der Waals surface area contributed by atoms with E-state index in [0.717, 1.165) is 6.42 Å². The number of nitrogens with one attached hydrogen (secondary N) is 2. The third-order valence-corrected chi connectivity index (χ3v) is 4.04. The Labute approximate surface area is 157 Å². The van der Waals surface area contributed by atoms with Crippen molar-refractivity contribution in [3.05, 3.63) is 63.6 Å². The quantitative estimate of drug-likeness (QED) is 0.773. The van der Waals surface area contributed by atoms with E-state index in [0.29, 0.717) is 27.2 Å². The van der Waals surface area contributed by atoms with Crippen LogP contribution in [0.3, 0.4) is 0 Å². The lowest BCUT2D eigenvalue weighted by atomic mass is 10.0. The molecule has 0 saturated carbocycles. The highest BCUT2D eigenvalue weighted by Gasteiger charge is 2.10.